The van der Waals surface area contributed by atoms with E-state index in [9.17, 15) is 0 Å². The zero-order valence-electron chi connectivity index (χ0n) is 45.8. The monoisotopic (exact) mass is 1090 g/mol. The van der Waals surface area contributed by atoms with Crippen LogP contribution < -0.4 is 9.80 Å². The molecule has 2 heterocycles. The summed E-state index contributed by atoms with van der Waals surface area (Å²) < 4.78 is 1.95. The molecule has 0 bridgehead atoms. The number of carbonyl (C=O) groups is 2. The third kappa shape index (κ3) is 22.3. The number of halogens is 2. The summed E-state index contributed by atoms with van der Waals surface area (Å²) in [6.45, 7) is 10.6. The summed E-state index contributed by atoms with van der Waals surface area (Å²) in [5.74, 6) is 0.904. The first kappa shape index (κ1) is 60.6. The van der Waals surface area contributed by atoms with Gasteiger partial charge in [-0.3, -0.25) is 9.59 Å². The van der Waals surface area contributed by atoms with E-state index in [2.05, 4.69) is 106 Å². The molecule has 0 fully saturated rings. The number of amides is 2. The first-order valence-electron chi connectivity index (χ1n) is 30.3. The molecule has 2 amide bonds. The summed E-state index contributed by atoms with van der Waals surface area (Å²) in [5, 5.41) is 0. The number of carbonyl (C=O) groups excluding carboxylic acids is 2. The zero-order valence-corrected chi connectivity index (χ0v) is 49.0. The summed E-state index contributed by atoms with van der Waals surface area (Å²) >= 11 is 7.59. The van der Waals surface area contributed by atoms with E-state index in [1.54, 1.807) is 0 Å². The quantitative estimate of drug-likeness (QED) is 0.0490. The number of fused-ring (bicyclic) bond motifs is 2. The number of hydrogen-bond acceptors (Lipinski definition) is 2. The van der Waals surface area contributed by atoms with Crippen molar-refractivity contribution in [1.82, 2.24) is 0 Å². The molecule has 4 nitrogen and oxygen atoms in total. The van der Waals surface area contributed by atoms with E-state index >= 15 is 9.59 Å². The Morgan fingerprint density at radius 2 is 0.571 bits per heavy atom. The molecule has 396 valence electrons. The van der Waals surface area contributed by atoms with Crippen LogP contribution in [-0.2, 0) is 9.59 Å². The standard InChI is InChI=1S/C64H104Br2N2O2/c1-5-9-13-17-21-25-27-31-35-39-43-53(41-37-33-29-23-19-15-11-7-3)51-67-59-49-55(65)45-47-57(59)61(63(67)69)62-58-48-46-56(66)50-60(58)68(64(62)70)52-54(42-38-34-30-24-20-16-12-8-4)44-40-36-32-28-26-22-18-14-10-6-2/h45-50,53-54H,5-44,51-52H2,1-4H3/b62-61-. The van der Waals surface area contributed by atoms with Crippen molar-refractivity contribution < 1.29 is 9.59 Å². The maximum atomic E-state index is 15.3. The zero-order chi connectivity index (χ0) is 50.0. The fourth-order valence-corrected chi connectivity index (χ4v) is 12.3. The first-order valence-corrected chi connectivity index (χ1v) is 31.9. The van der Waals surface area contributed by atoms with E-state index in [0.29, 0.717) is 23.0 Å². The molecule has 0 spiro atoms. The number of anilines is 2. The molecule has 4 rings (SSSR count). The van der Waals surface area contributed by atoms with Crippen LogP contribution >= 0.6 is 31.9 Å². The largest absolute Gasteiger partial charge is 0.307 e. The topological polar surface area (TPSA) is 40.6 Å². The maximum Gasteiger partial charge on any atom is 0.259 e. The minimum absolute atomic E-state index is 0.0111. The number of rotatable bonds is 44. The smallest absolute Gasteiger partial charge is 0.259 e. The van der Waals surface area contributed by atoms with Gasteiger partial charge >= 0.3 is 0 Å². The molecule has 70 heavy (non-hydrogen) atoms. The van der Waals surface area contributed by atoms with Crippen LogP contribution in [0.25, 0.3) is 11.1 Å². The number of benzene rings is 2. The van der Waals surface area contributed by atoms with Gasteiger partial charge in [-0.1, -0.05) is 303 Å². The average Bonchev–Trinajstić information content (AvgIpc) is 3.77. The molecular weight excluding hydrogens is 989 g/mol. The van der Waals surface area contributed by atoms with Gasteiger partial charge in [0.05, 0.1) is 22.5 Å². The number of unbranched alkanes of at least 4 members (excludes halogenated alkanes) is 32. The van der Waals surface area contributed by atoms with Gasteiger partial charge in [0.1, 0.15) is 0 Å². The Labute approximate surface area is 448 Å². The predicted octanol–water partition coefficient (Wildman–Crippen LogP) is 21.7. The van der Waals surface area contributed by atoms with Crippen molar-refractivity contribution >= 4 is 66.2 Å². The summed E-state index contributed by atoms with van der Waals surface area (Å²) in [6.07, 6.45) is 52.5. The van der Waals surface area contributed by atoms with Gasteiger partial charge in [0, 0.05) is 33.2 Å². The van der Waals surface area contributed by atoms with Crippen LogP contribution in [0.15, 0.2) is 45.3 Å². The second-order valence-corrected chi connectivity index (χ2v) is 23.9. The van der Waals surface area contributed by atoms with Crippen molar-refractivity contribution in [1.29, 1.82) is 0 Å². The van der Waals surface area contributed by atoms with Crippen LogP contribution in [0.4, 0.5) is 11.4 Å². The highest BCUT2D eigenvalue weighted by molar-refractivity contribution is 9.10. The van der Waals surface area contributed by atoms with Crippen LogP contribution in [0.1, 0.15) is 296 Å². The lowest BCUT2D eigenvalue weighted by Crippen LogP contribution is -2.34. The Hall–Kier alpha value is -1.92. The molecule has 0 N–H and O–H groups in total. The maximum absolute atomic E-state index is 15.3. The van der Waals surface area contributed by atoms with E-state index in [4.69, 9.17) is 0 Å². The molecular formula is C64H104Br2N2O2. The molecule has 0 aromatic heterocycles. The lowest BCUT2D eigenvalue weighted by molar-refractivity contribution is -0.114. The molecule has 2 unspecified atom stereocenters. The third-order valence-electron chi connectivity index (χ3n) is 16.0. The van der Waals surface area contributed by atoms with Crippen molar-refractivity contribution in [2.24, 2.45) is 11.8 Å². The Bertz CT molecular complexity index is 1630. The Morgan fingerprint density at radius 3 is 0.814 bits per heavy atom. The van der Waals surface area contributed by atoms with E-state index in [1.807, 2.05) is 0 Å². The van der Waals surface area contributed by atoms with Crippen LogP contribution in [0, 0.1) is 11.8 Å². The van der Waals surface area contributed by atoms with Gasteiger partial charge < -0.3 is 9.80 Å². The van der Waals surface area contributed by atoms with Crippen LogP contribution in [0.5, 0.6) is 0 Å². The Balaban J connectivity index is 1.52. The average molecular weight is 1090 g/mol. The lowest BCUT2D eigenvalue weighted by Gasteiger charge is -2.25. The number of hydrogen-bond donors (Lipinski definition) is 0. The Morgan fingerprint density at radius 1 is 0.343 bits per heavy atom. The van der Waals surface area contributed by atoms with Crippen LogP contribution in [0.2, 0.25) is 0 Å². The van der Waals surface area contributed by atoms with Gasteiger partial charge in [-0.15, -0.1) is 0 Å². The first-order chi connectivity index (χ1) is 34.3. The number of nitrogens with zero attached hydrogens (tertiary/aromatic N) is 2. The Kier molecular flexibility index (Phi) is 32.7. The highest BCUT2D eigenvalue weighted by Gasteiger charge is 2.43. The molecule has 2 aliphatic rings. The SMILES string of the molecule is CCCCCCCCCCCCC(CCCCCCCCCC)CN1C(=O)/C(=C2\C(=O)N(CC(CCCCCCCCCC)CCCCCCCCCCCC)c3cc(Br)ccc32)c2ccc(Br)cc21. The van der Waals surface area contributed by atoms with Crippen LogP contribution in [0.3, 0.4) is 0 Å². The van der Waals surface area contributed by atoms with Gasteiger partial charge in [-0.2, -0.15) is 0 Å². The molecule has 2 atom stereocenters. The molecule has 2 aliphatic heterocycles. The normalized spacial score (nSPS) is 15.4. The lowest BCUT2D eigenvalue weighted by atomic mass is 9.93. The molecule has 0 aliphatic carbocycles. The molecule has 2 aromatic rings. The van der Waals surface area contributed by atoms with Gasteiger partial charge in [0.2, 0.25) is 0 Å². The predicted molar refractivity (Wildman–Crippen MR) is 314 cm³/mol. The third-order valence-corrected chi connectivity index (χ3v) is 16.9. The van der Waals surface area contributed by atoms with Crippen molar-refractivity contribution in [2.75, 3.05) is 22.9 Å². The summed E-state index contributed by atoms with van der Waals surface area (Å²) in [5.41, 5.74) is 4.97. The fraction of sp³-hybridized carbons (Fsp3) is 0.750. The van der Waals surface area contributed by atoms with Gasteiger partial charge in [-0.05, 0) is 61.8 Å². The minimum atomic E-state index is 0.0111. The molecule has 6 heteroatoms. The van der Waals surface area contributed by atoms with Crippen molar-refractivity contribution in [3.05, 3.63) is 56.5 Å². The van der Waals surface area contributed by atoms with E-state index < -0.39 is 0 Å². The molecule has 2 aromatic carbocycles. The fourth-order valence-electron chi connectivity index (χ4n) is 11.6. The highest BCUT2D eigenvalue weighted by atomic mass is 79.9. The van der Waals surface area contributed by atoms with Gasteiger partial charge in [0.25, 0.3) is 11.8 Å². The summed E-state index contributed by atoms with van der Waals surface area (Å²) in [7, 11) is 0. The summed E-state index contributed by atoms with van der Waals surface area (Å²) in [4.78, 5) is 34.7. The molecule has 0 saturated heterocycles. The van der Waals surface area contributed by atoms with Gasteiger partial charge in [-0.25, -0.2) is 0 Å². The van der Waals surface area contributed by atoms with Crippen molar-refractivity contribution in [3.8, 4) is 0 Å². The minimum Gasteiger partial charge on any atom is -0.307 e. The second kappa shape index (κ2) is 37.8. The van der Waals surface area contributed by atoms with E-state index in [-0.39, 0.29) is 11.8 Å². The van der Waals surface area contributed by atoms with Gasteiger partial charge in [0.15, 0.2) is 0 Å². The van der Waals surface area contributed by atoms with E-state index in [0.717, 1.165) is 70.2 Å². The van der Waals surface area contributed by atoms with Crippen LogP contribution in [-0.4, -0.2) is 24.9 Å². The highest BCUT2D eigenvalue weighted by Crippen LogP contribution is 2.48. The van der Waals surface area contributed by atoms with Crippen molar-refractivity contribution in [2.45, 2.75) is 285 Å². The second-order valence-electron chi connectivity index (χ2n) is 22.1. The van der Waals surface area contributed by atoms with Crippen molar-refractivity contribution in [3.63, 3.8) is 0 Å². The summed E-state index contributed by atoms with van der Waals surface area (Å²) in [6, 6.07) is 12.6. The molecule has 0 saturated carbocycles. The molecule has 0 radical (unpaired) electrons. The van der Waals surface area contributed by atoms with E-state index in [1.165, 1.54) is 231 Å².